The number of hydrogen-bond acceptors (Lipinski definition) is 5. The van der Waals surface area contributed by atoms with Gasteiger partial charge in [0, 0.05) is 11.6 Å². The summed E-state index contributed by atoms with van der Waals surface area (Å²) in [6, 6.07) is 16.1. The molecule has 0 aliphatic carbocycles. The summed E-state index contributed by atoms with van der Waals surface area (Å²) in [5.74, 6) is -2.90. The Labute approximate surface area is 222 Å². The van der Waals surface area contributed by atoms with E-state index in [-0.39, 0.29) is 22.4 Å². The van der Waals surface area contributed by atoms with Crippen LogP contribution >= 0.6 is 0 Å². The quantitative estimate of drug-likeness (QED) is 0.195. The summed E-state index contributed by atoms with van der Waals surface area (Å²) in [6.45, 7) is -0.589. The number of pyridine rings is 1. The number of nitrogens with two attached hydrogens (primary N) is 1. The lowest BCUT2D eigenvalue weighted by Crippen LogP contribution is -2.29. The monoisotopic (exact) mass is 553 g/mol. The van der Waals surface area contributed by atoms with Crippen LogP contribution in [-0.4, -0.2) is 16.6 Å². The van der Waals surface area contributed by atoms with Crippen molar-refractivity contribution in [2.75, 3.05) is 0 Å². The van der Waals surface area contributed by atoms with Crippen LogP contribution in [0.25, 0.3) is 22.4 Å². The molecular weight excluding hydrogens is 537 g/mol. The Morgan fingerprint density at radius 3 is 2.20 bits per heavy atom. The van der Waals surface area contributed by atoms with Crippen LogP contribution in [0.5, 0.6) is 0 Å². The second kappa shape index (κ2) is 10.8. The Bertz CT molecular complexity index is 1740. The van der Waals surface area contributed by atoms with Gasteiger partial charge in [-0.2, -0.15) is 18.4 Å². The maximum absolute atomic E-state index is 14.4. The van der Waals surface area contributed by atoms with Crippen LogP contribution in [0.4, 0.5) is 26.7 Å². The molecule has 0 bridgehead atoms. The van der Waals surface area contributed by atoms with Gasteiger partial charge in [0.05, 0.1) is 23.4 Å². The van der Waals surface area contributed by atoms with E-state index < -0.39 is 53.1 Å². The van der Waals surface area contributed by atoms with Crippen molar-refractivity contribution in [2.24, 2.45) is 5.73 Å². The van der Waals surface area contributed by atoms with Crippen LogP contribution in [0, 0.1) is 23.0 Å². The van der Waals surface area contributed by atoms with E-state index >= 15 is 0 Å². The summed E-state index contributed by atoms with van der Waals surface area (Å²) >= 11 is 0. The van der Waals surface area contributed by atoms with Crippen molar-refractivity contribution < 1.29 is 36.3 Å². The van der Waals surface area contributed by atoms with Gasteiger partial charge in [-0.15, -0.1) is 0 Å². The first-order valence-corrected chi connectivity index (χ1v) is 11.3. The average molecular weight is 553 g/mol. The second-order valence-corrected chi connectivity index (χ2v) is 8.42. The molecule has 0 unspecified atom stereocenters. The van der Waals surface area contributed by atoms with Gasteiger partial charge in [0.25, 0.3) is 5.56 Å². The van der Waals surface area contributed by atoms with Crippen LogP contribution in [0.1, 0.15) is 27.0 Å². The lowest BCUT2D eigenvalue weighted by Gasteiger charge is -2.18. The third kappa shape index (κ3) is 5.73. The largest absolute Gasteiger partial charge is 0.417 e. The maximum Gasteiger partial charge on any atom is 0.417 e. The number of primary amides is 1. The Kier molecular flexibility index (Phi) is 7.50. The van der Waals surface area contributed by atoms with E-state index in [1.165, 1.54) is 48.5 Å². The number of carbonyl (C=O) groups is 2. The molecule has 7 nitrogen and oxygen atoms in total. The fourth-order valence-corrected chi connectivity index (χ4v) is 4.00. The number of aromatic nitrogens is 1. The van der Waals surface area contributed by atoms with Gasteiger partial charge in [-0.25, -0.2) is 18.4 Å². The highest BCUT2D eigenvalue weighted by Gasteiger charge is 2.36. The number of nitrogens with zero attached hydrogens (tertiary/aromatic N) is 2. The zero-order valence-electron chi connectivity index (χ0n) is 20.1. The Morgan fingerprint density at radius 2 is 1.60 bits per heavy atom. The summed E-state index contributed by atoms with van der Waals surface area (Å²) in [6.07, 6.45) is -6.33. The molecule has 4 rings (SSSR count). The highest BCUT2D eigenvalue weighted by molar-refractivity contribution is 5.96. The second-order valence-electron chi connectivity index (χ2n) is 8.42. The van der Waals surface area contributed by atoms with Crippen molar-refractivity contribution in [3.05, 3.63) is 117 Å². The number of nitriles is 1. The van der Waals surface area contributed by atoms with Gasteiger partial charge in [-0.1, -0.05) is 36.4 Å². The van der Waals surface area contributed by atoms with E-state index in [0.29, 0.717) is 23.3 Å². The van der Waals surface area contributed by atoms with Crippen molar-refractivity contribution in [3.8, 4) is 28.5 Å². The van der Waals surface area contributed by atoms with Crippen LogP contribution in [0.15, 0.2) is 77.6 Å². The molecular formula is C28H16F5N3O4. The minimum Gasteiger partial charge on any atom is -0.373 e. The Balaban J connectivity index is 1.87. The van der Waals surface area contributed by atoms with E-state index in [9.17, 15) is 41.6 Å². The van der Waals surface area contributed by atoms with E-state index in [4.69, 9.17) is 5.73 Å². The molecule has 0 spiro atoms. The first-order chi connectivity index (χ1) is 18.9. The Hall–Kier alpha value is -5.31. The number of hydrogen-bond donors (Lipinski definition) is 1. The van der Waals surface area contributed by atoms with Gasteiger partial charge >= 0.3 is 18.2 Å². The highest BCUT2D eigenvalue weighted by Crippen LogP contribution is 2.35. The molecule has 1 aromatic heterocycles. The van der Waals surface area contributed by atoms with Gasteiger partial charge < -0.3 is 15.0 Å². The molecule has 4 aromatic rings. The predicted molar refractivity (Wildman–Crippen MR) is 132 cm³/mol. The van der Waals surface area contributed by atoms with Crippen LogP contribution in [0.2, 0.25) is 0 Å². The number of esters is 1. The van der Waals surface area contributed by atoms with E-state index in [1.54, 1.807) is 6.07 Å². The molecule has 40 heavy (non-hydrogen) atoms. The minimum absolute atomic E-state index is 0.00998. The van der Waals surface area contributed by atoms with Crippen LogP contribution < -0.4 is 11.3 Å². The van der Waals surface area contributed by atoms with Crippen LogP contribution in [-0.2, 0) is 17.5 Å². The molecule has 0 saturated carbocycles. The Morgan fingerprint density at radius 1 is 0.925 bits per heavy atom. The SMILES string of the molecule is N#Cc1c(C(F)(F)F)cc(-c2cccc(-c3ccc(C(=O)OC(N)=O)cc3)c2)n(Cc2ccc(F)cc2F)c1=O. The lowest BCUT2D eigenvalue weighted by molar-refractivity contribution is -0.137. The average Bonchev–Trinajstić information content (AvgIpc) is 2.90. The predicted octanol–water partition coefficient (Wildman–Crippen LogP) is 5.63. The zero-order chi connectivity index (χ0) is 29.2. The fraction of sp³-hybridized carbons (Fsp3) is 0.0714. The molecule has 202 valence electrons. The number of ether oxygens (including phenoxy) is 1. The number of amides is 1. The molecule has 0 saturated heterocycles. The third-order valence-corrected chi connectivity index (χ3v) is 5.87. The molecule has 0 aliphatic rings. The summed E-state index contributed by atoms with van der Waals surface area (Å²) in [5, 5.41) is 9.36. The fourth-order valence-electron chi connectivity index (χ4n) is 4.00. The zero-order valence-corrected chi connectivity index (χ0v) is 20.1. The van der Waals surface area contributed by atoms with Gasteiger partial charge in [0.15, 0.2) is 0 Å². The number of benzene rings is 3. The molecule has 0 aliphatic heterocycles. The number of carbonyl (C=O) groups excluding carboxylic acids is 2. The van der Waals surface area contributed by atoms with Gasteiger partial charge in [0.2, 0.25) is 0 Å². The van der Waals surface area contributed by atoms with Crippen molar-refractivity contribution >= 4 is 12.1 Å². The molecule has 1 heterocycles. The molecule has 2 N–H and O–H groups in total. The molecule has 0 fully saturated rings. The van der Waals surface area contributed by atoms with Gasteiger partial charge in [-0.05, 0) is 47.0 Å². The first kappa shape index (κ1) is 27.7. The molecule has 12 heteroatoms. The van der Waals surface area contributed by atoms with Crippen molar-refractivity contribution in [1.82, 2.24) is 4.57 Å². The summed E-state index contributed by atoms with van der Waals surface area (Å²) < 4.78 is 74.5. The lowest BCUT2D eigenvalue weighted by atomic mass is 9.98. The number of halogens is 5. The van der Waals surface area contributed by atoms with Gasteiger partial charge in [0.1, 0.15) is 23.3 Å². The molecule has 0 radical (unpaired) electrons. The molecule has 1 amide bonds. The third-order valence-electron chi connectivity index (χ3n) is 5.87. The minimum atomic E-state index is -5.05. The highest BCUT2D eigenvalue weighted by atomic mass is 19.4. The maximum atomic E-state index is 14.4. The van der Waals surface area contributed by atoms with E-state index in [1.807, 2.05) is 0 Å². The van der Waals surface area contributed by atoms with Gasteiger partial charge in [-0.3, -0.25) is 4.79 Å². The summed E-state index contributed by atoms with van der Waals surface area (Å²) in [7, 11) is 0. The van der Waals surface area contributed by atoms with Crippen molar-refractivity contribution in [3.63, 3.8) is 0 Å². The normalized spacial score (nSPS) is 11.1. The summed E-state index contributed by atoms with van der Waals surface area (Å²) in [5.41, 5.74) is 1.51. The number of alkyl halides is 3. The van der Waals surface area contributed by atoms with Crippen molar-refractivity contribution in [2.45, 2.75) is 12.7 Å². The first-order valence-electron chi connectivity index (χ1n) is 11.3. The standard InChI is InChI=1S/C28H16F5N3O4/c29-20-9-8-19(23(30)11-20)14-36-24(12-22(28(31,32)33)21(13-34)25(36)37)18-3-1-2-17(10-18)15-4-6-16(7-5-15)26(38)40-27(35)39/h1-12H,14H2,(H2,35,39). The molecule has 3 aromatic carbocycles. The number of rotatable bonds is 5. The smallest absolute Gasteiger partial charge is 0.373 e. The van der Waals surface area contributed by atoms with Crippen LogP contribution in [0.3, 0.4) is 0 Å². The van der Waals surface area contributed by atoms with E-state index in [0.717, 1.165) is 16.7 Å². The molecule has 0 atom stereocenters. The topological polar surface area (TPSA) is 115 Å². The van der Waals surface area contributed by atoms with Crippen molar-refractivity contribution in [1.29, 1.82) is 5.26 Å². The van der Waals surface area contributed by atoms with E-state index in [2.05, 4.69) is 4.74 Å². The summed E-state index contributed by atoms with van der Waals surface area (Å²) in [4.78, 5) is 35.8.